The quantitative estimate of drug-likeness (QED) is 0.627. The Labute approximate surface area is 111 Å². The van der Waals surface area contributed by atoms with E-state index >= 15 is 0 Å². The Kier molecular flexibility index (Phi) is 4.09. The van der Waals surface area contributed by atoms with Crippen molar-refractivity contribution < 1.29 is 4.39 Å². The van der Waals surface area contributed by atoms with E-state index in [0.717, 1.165) is 11.5 Å². The highest BCUT2D eigenvalue weighted by molar-refractivity contribution is 5.37. The predicted molar refractivity (Wildman–Crippen MR) is 76.2 cm³/mol. The molecule has 0 saturated heterocycles. The Morgan fingerprint density at radius 3 is 2.39 bits per heavy atom. The molecule has 0 aromatic heterocycles. The number of rotatable bonds is 2. The summed E-state index contributed by atoms with van der Waals surface area (Å²) in [6, 6.07) is 0. The van der Waals surface area contributed by atoms with Crippen molar-refractivity contribution in [3.05, 3.63) is 35.5 Å². The van der Waals surface area contributed by atoms with Gasteiger partial charge < -0.3 is 0 Å². The first-order chi connectivity index (χ1) is 8.50. The van der Waals surface area contributed by atoms with Gasteiger partial charge in [-0.1, -0.05) is 57.9 Å². The van der Waals surface area contributed by atoms with Crippen LogP contribution in [-0.2, 0) is 0 Å². The summed E-state index contributed by atoms with van der Waals surface area (Å²) in [6.45, 7) is 6.32. The van der Waals surface area contributed by atoms with E-state index in [1.165, 1.54) is 31.3 Å². The molecule has 0 aromatic rings. The summed E-state index contributed by atoms with van der Waals surface area (Å²) >= 11 is 0. The van der Waals surface area contributed by atoms with Crippen LogP contribution in [0.4, 0.5) is 4.39 Å². The maximum absolute atomic E-state index is 12.9. The average molecular weight is 248 g/mol. The molecule has 0 radical (unpaired) electrons. The van der Waals surface area contributed by atoms with Crippen LogP contribution in [-0.4, -0.2) is 6.67 Å². The van der Waals surface area contributed by atoms with Crippen molar-refractivity contribution in [1.82, 2.24) is 0 Å². The second-order valence-corrected chi connectivity index (χ2v) is 6.61. The van der Waals surface area contributed by atoms with Crippen LogP contribution in [0.1, 0.15) is 46.5 Å². The Morgan fingerprint density at radius 1 is 1.11 bits per heavy atom. The van der Waals surface area contributed by atoms with Gasteiger partial charge in [-0.2, -0.15) is 0 Å². The van der Waals surface area contributed by atoms with Crippen LogP contribution >= 0.6 is 0 Å². The van der Waals surface area contributed by atoms with Crippen LogP contribution in [0, 0.1) is 17.3 Å². The van der Waals surface area contributed by atoms with E-state index in [4.69, 9.17) is 0 Å². The predicted octanol–water partition coefficient (Wildman–Crippen LogP) is 5.23. The molecule has 1 heteroatoms. The van der Waals surface area contributed by atoms with E-state index in [2.05, 4.69) is 39.0 Å². The van der Waals surface area contributed by atoms with Gasteiger partial charge in [-0.25, -0.2) is 4.39 Å². The van der Waals surface area contributed by atoms with Gasteiger partial charge >= 0.3 is 0 Å². The van der Waals surface area contributed by atoms with Gasteiger partial charge in [-0.3, -0.25) is 0 Å². The Morgan fingerprint density at radius 2 is 1.78 bits per heavy atom. The first-order valence-corrected chi connectivity index (χ1v) is 7.19. The van der Waals surface area contributed by atoms with E-state index in [-0.39, 0.29) is 12.1 Å². The molecule has 2 aliphatic carbocycles. The highest BCUT2D eigenvalue weighted by atomic mass is 19.1. The van der Waals surface area contributed by atoms with Crippen molar-refractivity contribution in [1.29, 1.82) is 0 Å². The molecule has 0 amide bonds. The van der Waals surface area contributed by atoms with Crippen LogP contribution in [0.15, 0.2) is 35.5 Å². The Hall–Kier alpha value is -0.850. The molecule has 100 valence electrons. The molecule has 18 heavy (non-hydrogen) atoms. The van der Waals surface area contributed by atoms with Gasteiger partial charge in [-0.15, -0.1) is 0 Å². The number of allylic oxidation sites excluding steroid dienone is 6. The van der Waals surface area contributed by atoms with E-state index in [0.29, 0.717) is 5.92 Å². The fourth-order valence-electron chi connectivity index (χ4n) is 3.18. The lowest BCUT2D eigenvalue weighted by molar-refractivity contribution is 0.322. The minimum absolute atomic E-state index is 0.0245. The summed E-state index contributed by atoms with van der Waals surface area (Å²) in [5.41, 5.74) is 2.21. The zero-order chi connectivity index (χ0) is 13.2. The van der Waals surface area contributed by atoms with E-state index in [1.807, 2.05) is 6.08 Å². The summed E-state index contributed by atoms with van der Waals surface area (Å²) in [5.74, 6) is 1.56. The highest BCUT2D eigenvalue weighted by Crippen LogP contribution is 2.37. The normalized spacial score (nSPS) is 31.6. The van der Waals surface area contributed by atoms with Crippen LogP contribution in [0.5, 0.6) is 0 Å². The zero-order valence-corrected chi connectivity index (χ0v) is 11.9. The minimum Gasteiger partial charge on any atom is -0.246 e. The summed E-state index contributed by atoms with van der Waals surface area (Å²) in [4.78, 5) is 0. The van der Waals surface area contributed by atoms with Crippen LogP contribution in [0.25, 0.3) is 0 Å². The summed E-state index contributed by atoms with van der Waals surface area (Å²) < 4.78 is 12.9. The van der Waals surface area contributed by atoms with E-state index < -0.39 is 0 Å². The molecule has 2 aliphatic rings. The second kappa shape index (κ2) is 5.42. The fourth-order valence-corrected chi connectivity index (χ4v) is 3.18. The summed E-state index contributed by atoms with van der Waals surface area (Å²) in [5, 5.41) is 0. The third kappa shape index (κ3) is 3.34. The standard InChI is InChI=1S/C17H25F/c1-13-4-7-15(8-5-13)16-9-6-14(12-18)10-17(2,3)11-16/h6,9-11,13,15H,4-5,7-8,12H2,1-3H3. The lowest BCUT2D eigenvalue weighted by Gasteiger charge is -2.28. The third-order valence-electron chi connectivity index (χ3n) is 4.23. The van der Waals surface area contributed by atoms with Gasteiger partial charge in [-0.05, 0) is 35.8 Å². The second-order valence-electron chi connectivity index (χ2n) is 6.61. The maximum atomic E-state index is 12.9. The number of halogens is 1. The van der Waals surface area contributed by atoms with Gasteiger partial charge in [0.25, 0.3) is 0 Å². The molecule has 0 aromatic carbocycles. The van der Waals surface area contributed by atoms with Gasteiger partial charge in [0.15, 0.2) is 0 Å². The van der Waals surface area contributed by atoms with Gasteiger partial charge in [0.05, 0.1) is 0 Å². The molecule has 0 bridgehead atoms. The molecule has 1 fully saturated rings. The van der Waals surface area contributed by atoms with E-state index in [9.17, 15) is 4.39 Å². The highest BCUT2D eigenvalue weighted by Gasteiger charge is 2.23. The van der Waals surface area contributed by atoms with Crippen molar-refractivity contribution in [2.45, 2.75) is 46.5 Å². The first-order valence-electron chi connectivity index (χ1n) is 7.19. The van der Waals surface area contributed by atoms with Crippen LogP contribution in [0.2, 0.25) is 0 Å². The van der Waals surface area contributed by atoms with Gasteiger partial charge in [0.1, 0.15) is 6.67 Å². The average Bonchev–Trinajstić information content (AvgIpc) is 2.48. The SMILES string of the molecule is CC1CCC(C2=CC(C)(C)C=C(CF)C=C2)CC1. The molecule has 0 N–H and O–H groups in total. The molecule has 0 nitrogen and oxygen atoms in total. The van der Waals surface area contributed by atoms with E-state index in [1.54, 1.807) is 0 Å². The molecule has 1 saturated carbocycles. The molecule has 0 unspecified atom stereocenters. The molecular formula is C17H25F. The zero-order valence-electron chi connectivity index (χ0n) is 11.9. The van der Waals surface area contributed by atoms with Crippen LogP contribution < -0.4 is 0 Å². The molecule has 0 heterocycles. The smallest absolute Gasteiger partial charge is 0.114 e. The van der Waals surface area contributed by atoms with Crippen molar-refractivity contribution >= 4 is 0 Å². The number of hydrogen-bond donors (Lipinski definition) is 0. The van der Waals surface area contributed by atoms with Gasteiger partial charge in [0, 0.05) is 5.41 Å². The Balaban J connectivity index is 2.16. The van der Waals surface area contributed by atoms with Crippen molar-refractivity contribution in [2.24, 2.45) is 17.3 Å². The lowest BCUT2D eigenvalue weighted by Crippen LogP contribution is -2.15. The van der Waals surface area contributed by atoms with Gasteiger partial charge in [0.2, 0.25) is 0 Å². The minimum atomic E-state index is -0.358. The van der Waals surface area contributed by atoms with Crippen molar-refractivity contribution in [3.63, 3.8) is 0 Å². The summed E-state index contributed by atoms with van der Waals surface area (Å²) in [7, 11) is 0. The maximum Gasteiger partial charge on any atom is 0.114 e. The molecule has 0 atom stereocenters. The molecule has 0 aliphatic heterocycles. The topological polar surface area (TPSA) is 0 Å². The molecule has 2 rings (SSSR count). The number of alkyl halides is 1. The largest absolute Gasteiger partial charge is 0.246 e. The van der Waals surface area contributed by atoms with Crippen molar-refractivity contribution in [2.75, 3.05) is 6.67 Å². The number of hydrogen-bond acceptors (Lipinski definition) is 0. The monoisotopic (exact) mass is 248 g/mol. The van der Waals surface area contributed by atoms with Crippen molar-refractivity contribution in [3.8, 4) is 0 Å². The summed E-state index contributed by atoms with van der Waals surface area (Å²) in [6.07, 6.45) is 13.8. The lowest BCUT2D eigenvalue weighted by atomic mass is 9.77. The fraction of sp³-hybridized carbons (Fsp3) is 0.647. The first kappa shape index (κ1) is 13.6. The Bertz CT molecular complexity index is 376. The third-order valence-corrected chi connectivity index (χ3v) is 4.23. The molecule has 0 spiro atoms. The molecular weight excluding hydrogens is 223 g/mol. The van der Waals surface area contributed by atoms with Crippen LogP contribution in [0.3, 0.4) is 0 Å².